The maximum absolute atomic E-state index is 13.3. The molecule has 6 rings (SSSR count). The molecule has 1 N–H and O–H groups in total. The summed E-state index contributed by atoms with van der Waals surface area (Å²) in [7, 11) is 0.320. The highest BCUT2D eigenvalue weighted by Gasteiger charge is 2.48. The first kappa shape index (κ1) is 39.4. The molecule has 1 unspecified atom stereocenters. The Kier molecular flexibility index (Phi) is 12.2. The molecule has 1 aliphatic rings. The number of nitrogens with one attached hydrogen (secondary N) is 1. The molecule has 55 heavy (non-hydrogen) atoms. The van der Waals surface area contributed by atoms with Gasteiger partial charge in [0.2, 0.25) is 5.91 Å². The Bertz CT molecular complexity index is 2060. The van der Waals surface area contributed by atoms with Gasteiger partial charge in [0.25, 0.3) is 0 Å². The summed E-state index contributed by atoms with van der Waals surface area (Å²) < 4.78 is 50.9. The van der Waals surface area contributed by atoms with Gasteiger partial charge >= 0.3 is 14.2 Å². The highest BCUT2D eigenvalue weighted by atomic mass is 31.1. The molecule has 5 aromatic rings. The Morgan fingerprint density at radius 1 is 0.891 bits per heavy atom. The minimum atomic E-state index is -2.89. The van der Waals surface area contributed by atoms with Gasteiger partial charge in [0, 0.05) is 17.4 Å². The number of amides is 1. The monoisotopic (exact) mass is 770 g/mol. The molecule has 14 nitrogen and oxygen atoms in total. The van der Waals surface area contributed by atoms with Crippen LogP contribution >= 0.6 is 8.25 Å². The van der Waals surface area contributed by atoms with Crippen LogP contribution in [0.25, 0.3) is 11.2 Å². The molecule has 1 aliphatic heterocycles. The van der Waals surface area contributed by atoms with Crippen molar-refractivity contribution in [3.63, 3.8) is 0 Å². The maximum Gasteiger partial charge on any atom is 0.753 e. The van der Waals surface area contributed by atoms with Crippen LogP contribution in [0.15, 0.2) is 91.5 Å². The number of rotatable bonds is 15. The molecule has 288 valence electrons. The summed E-state index contributed by atoms with van der Waals surface area (Å²) >= 11 is 0. The number of carbonyl (C=O) groups excluding carboxylic acids is 2. The number of imidazole rings is 1. The number of nitrogens with zero attached hydrogens (tertiary/aromatic N) is 4. The van der Waals surface area contributed by atoms with Crippen molar-refractivity contribution < 1.29 is 42.1 Å². The van der Waals surface area contributed by atoms with Crippen molar-refractivity contribution in [2.45, 2.75) is 71.0 Å². The van der Waals surface area contributed by atoms with Gasteiger partial charge in [0.15, 0.2) is 17.0 Å². The molecule has 0 bridgehead atoms. The quantitative estimate of drug-likeness (QED) is 0.0825. The molecular formula is C40H45N5O9P+. The third-order valence-corrected chi connectivity index (χ3v) is 9.97. The van der Waals surface area contributed by atoms with E-state index in [0.717, 1.165) is 16.7 Å². The van der Waals surface area contributed by atoms with Gasteiger partial charge in [-0.25, -0.2) is 19.7 Å². The molecule has 15 heteroatoms. The van der Waals surface area contributed by atoms with Crippen molar-refractivity contribution in [3.05, 3.63) is 108 Å². The molecule has 0 aliphatic carbocycles. The van der Waals surface area contributed by atoms with Gasteiger partial charge in [0.05, 0.1) is 32.6 Å². The normalized spacial score (nSPS) is 17.5. The van der Waals surface area contributed by atoms with Crippen LogP contribution < -0.4 is 14.8 Å². The molecule has 3 heterocycles. The van der Waals surface area contributed by atoms with Gasteiger partial charge in [-0.2, -0.15) is 4.52 Å². The van der Waals surface area contributed by atoms with Crippen molar-refractivity contribution in [2.24, 2.45) is 5.41 Å². The molecule has 2 aromatic heterocycles. The van der Waals surface area contributed by atoms with E-state index in [1.165, 1.54) is 6.33 Å². The Labute approximate surface area is 320 Å². The number of carbonyl (C=O) groups is 2. The highest BCUT2D eigenvalue weighted by molar-refractivity contribution is 7.34. The van der Waals surface area contributed by atoms with Crippen LogP contribution in [0, 0.1) is 5.41 Å². The van der Waals surface area contributed by atoms with Crippen LogP contribution in [0.3, 0.4) is 0 Å². The molecule has 1 amide bonds. The van der Waals surface area contributed by atoms with Gasteiger partial charge in [-0.1, -0.05) is 61.5 Å². The molecule has 0 radical (unpaired) electrons. The van der Waals surface area contributed by atoms with E-state index in [4.69, 9.17) is 28.0 Å². The van der Waals surface area contributed by atoms with Crippen LogP contribution in [-0.2, 0) is 38.3 Å². The zero-order valence-electron chi connectivity index (χ0n) is 31.6. The summed E-state index contributed by atoms with van der Waals surface area (Å²) in [5.74, 6) is 0.762. The summed E-state index contributed by atoms with van der Waals surface area (Å²) in [5, 5.41) is 2.81. The highest BCUT2D eigenvalue weighted by Crippen LogP contribution is 2.45. The van der Waals surface area contributed by atoms with E-state index in [2.05, 4.69) is 20.3 Å². The number of methoxy groups -OCH3 is 2. The molecule has 3 aromatic carbocycles. The Balaban J connectivity index is 1.38. The van der Waals surface area contributed by atoms with E-state index < -0.39 is 43.7 Å². The molecule has 4 atom stereocenters. The van der Waals surface area contributed by atoms with Gasteiger partial charge < -0.3 is 24.3 Å². The van der Waals surface area contributed by atoms with E-state index in [-0.39, 0.29) is 24.8 Å². The zero-order chi connectivity index (χ0) is 39.2. The third kappa shape index (κ3) is 8.68. The number of hydrogen-bond acceptors (Lipinski definition) is 12. The SMILES string of the molecule is CCCC(=O)Nc1ncnc2c1ncn2[C@H]1C[C@H](O[P+](=O)OC(=O)C(C)(C)C)[C@@H](COC(c2ccccc2)(c2ccc(OC)cc2)c2ccc(OC)cc2)O1. The largest absolute Gasteiger partial charge is 0.753 e. The first-order valence-electron chi connectivity index (χ1n) is 17.9. The van der Waals surface area contributed by atoms with E-state index in [1.54, 1.807) is 45.9 Å². The van der Waals surface area contributed by atoms with E-state index >= 15 is 0 Å². The number of benzene rings is 3. The lowest BCUT2D eigenvalue weighted by Gasteiger charge is -2.37. The number of anilines is 1. The van der Waals surface area contributed by atoms with Crippen molar-refractivity contribution in [3.8, 4) is 11.5 Å². The first-order valence-corrected chi connectivity index (χ1v) is 19.0. The van der Waals surface area contributed by atoms with Crippen molar-refractivity contribution in [1.29, 1.82) is 0 Å². The van der Waals surface area contributed by atoms with E-state index in [0.29, 0.717) is 35.5 Å². The second-order valence-corrected chi connectivity index (χ2v) is 14.9. The van der Waals surface area contributed by atoms with Crippen LogP contribution in [0.5, 0.6) is 11.5 Å². The molecular weight excluding hydrogens is 725 g/mol. The average Bonchev–Trinajstić information content (AvgIpc) is 3.80. The van der Waals surface area contributed by atoms with Crippen LogP contribution in [-0.4, -0.2) is 64.4 Å². The summed E-state index contributed by atoms with van der Waals surface area (Å²) in [4.78, 5) is 38.3. The maximum atomic E-state index is 13.3. The van der Waals surface area contributed by atoms with Gasteiger partial charge in [-0.3, -0.25) is 9.36 Å². The molecule has 1 fully saturated rings. The Morgan fingerprint density at radius 2 is 1.51 bits per heavy atom. The van der Waals surface area contributed by atoms with Crippen LogP contribution in [0.4, 0.5) is 5.82 Å². The first-order chi connectivity index (χ1) is 26.5. The Hall–Kier alpha value is -5.27. The Morgan fingerprint density at radius 3 is 2.09 bits per heavy atom. The van der Waals surface area contributed by atoms with Crippen molar-refractivity contribution in [1.82, 2.24) is 19.5 Å². The summed E-state index contributed by atoms with van der Waals surface area (Å²) in [6, 6.07) is 25.0. The zero-order valence-corrected chi connectivity index (χ0v) is 32.5. The average molecular weight is 771 g/mol. The summed E-state index contributed by atoms with van der Waals surface area (Å²) in [5.41, 5.74) is 1.13. The van der Waals surface area contributed by atoms with Gasteiger partial charge in [-0.05, 0) is 68.1 Å². The predicted molar refractivity (Wildman–Crippen MR) is 204 cm³/mol. The smallest absolute Gasteiger partial charge is 0.497 e. The van der Waals surface area contributed by atoms with E-state index in [1.807, 2.05) is 85.8 Å². The predicted octanol–water partition coefficient (Wildman–Crippen LogP) is 7.51. The minimum absolute atomic E-state index is 0.0650. The topological polar surface area (TPSA) is 162 Å². The fraction of sp³-hybridized carbons (Fsp3) is 0.375. The second kappa shape index (κ2) is 17.0. The van der Waals surface area contributed by atoms with Crippen molar-refractivity contribution in [2.75, 3.05) is 26.1 Å². The lowest BCUT2D eigenvalue weighted by Crippen LogP contribution is -2.38. The fourth-order valence-electron chi connectivity index (χ4n) is 6.33. The number of fused-ring (bicyclic) bond motifs is 1. The molecule has 1 saturated heterocycles. The molecule has 0 spiro atoms. The lowest BCUT2D eigenvalue weighted by molar-refractivity contribution is -0.143. The standard InChI is InChI=1S/C40H44N5O9P/c1-7-11-33(46)44-36-35-37(42-24-41-36)45(25-43-35)34-22-31(53-55(48)54-38(47)39(2,3)4)32(52-34)23-51-40(26-12-9-8-10-13-26,27-14-18-29(49-5)19-15-27)28-16-20-30(50-6)21-17-28/h8-10,12-21,24-25,31-32,34H,7,11,22-23H2,1-6H3/p+1/t31-,32+,34+/m0/s1. The van der Waals surface area contributed by atoms with Gasteiger partial charge in [0.1, 0.15) is 41.9 Å². The van der Waals surface area contributed by atoms with Crippen LogP contribution in [0.1, 0.15) is 69.9 Å². The van der Waals surface area contributed by atoms with E-state index in [9.17, 15) is 14.2 Å². The van der Waals surface area contributed by atoms with Crippen molar-refractivity contribution >= 4 is 37.1 Å². The number of aromatic nitrogens is 4. The van der Waals surface area contributed by atoms with Crippen LogP contribution in [0.2, 0.25) is 0 Å². The third-order valence-electron chi connectivity index (χ3n) is 9.21. The summed E-state index contributed by atoms with van der Waals surface area (Å²) in [6.45, 7) is 6.84. The minimum Gasteiger partial charge on any atom is -0.497 e. The molecule has 0 saturated carbocycles. The summed E-state index contributed by atoms with van der Waals surface area (Å²) in [6.07, 6.45) is 1.61. The van der Waals surface area contributed by atoms with Gasteiger partial charge in [-0.15, -0.1) is 4.52 Å². The lowest BCUT2D eigenvalue weighted by atomic mass is 9.80. The number of hydrogen-bond donors (Lipinski definition) is 1. The number of ether oxygens (including phenoxy) is 4. The fourth-order valence-corrected chi connectivity index (χ4v) is 7.22. The second-order valence-electron chi connectivity index (χ2n) is 14.0.